The van der Waals surface area contributed by atoms with Crippen LogP contribution in [0.5, 0.6) is 5.75 Å². The molecule has 2 aromatic rings. The third-order valence-electron chi connectivity index (χ3n) is 3.16. The zero-order chi connectivity index (χ0) is 16.5. The van der Waals surface area contributed by atoms with Crippen LogP contribution in [0.4, 0.5) is 0 Å². The number of aliphatic carboxylic acids is 1. The summed E-state index contributed by atoms with van der Waals surface area (Å²) in [5.74, 6) is -0.342. The van der Waals surface area contributed by atoms with Crippen LogP contribution in [-0.4, -0.2) is 27.8 Å². The number of rotatable bonds is 8. The Hall–Kier alpha value is -2.66. The average molecular weight is 313 g/mol. The molecule has 1 heterocycles. The highest BCUT2D eigenvalue weighted by molar-refractivity contribution is 5.70. The van der Waals surface area contributed by atoms with E-state index in [1.807, 2.05) is 30.3 Å². The van der Waals surface area contributed by atoms with Crippen LogP contribution in [0.25, 0.3) is 6.08 Å². The second-order valence-electron chi connectivity index (χ2n) is 4.93. The number of aliphatic hydroxyl groups excluding tert-OH is 1. The molecule has 0 radical (unpaired) electrons. The number of nitrogens with zero attached hydrogens (tertiary/aromatic N) is 1. The molecule has 2 N–H and O–H groups in total. The molecule has 0 saturated heterocycles. The first kappa shape index (κ1) is 16.7. The SMILES string of the molecule is O=C(O)C/C=C/c1nc(CO)ccc1OCCc1ccccc1. The van der Waals surface area contributed by atoms with Crippen molar-refractivity contribution in [3.8, 4) is 5.75 Å². The standard InChI is InChI=1S/C18H19NO4/c20-13-15-9-10-17(16(19-15)7-4-8-18(21)22)23-12-11-14-5-2-1-3-6-14/h1-7,9-10,20H,8,11-13H2,(H,21,22)/b7-4+. The Labute approximate surface area is 134 Å². The zero-order valence-electron chi connectivity index (χ0n) is 12.7. The Balaban J connectivity index is 2.04. The van der Waals surface area contributed by atoms with Crippen LogP contribution in [-0.2, 0) is 17.8 Å². The molecule has 0 bridgehead atoms. The summed E-state index contributed by atoms with van der Waals surface area (Å²) in [6.45, 7) is 0.313. The summed E-state index contributed by atoms with van der Waals surface area (Å²) in [4.78, 5) is 14.8. The van der Waals surface area contributed by atoms with Crippen LogP contribution in [0.1, 0.15) is 23.4 Å². The largest absolute Gasteiger partial charge is 0.491 e. The molecule has 0 aliphatic heterocycles. The van der Waals surface area contributed by atoms with Gasteiger partial charge in [0.1, 0.15) is 11.4 Å². The number of hydrogen-bond acceptors (Lipinski definition) is 4. The fourth-order valence-corrected chi connectivity index (χ4v) is 2.03. The second-order valence-corrected chi connectivity index (χ2v) is 4.93. The van der Waals surface area contributed by atoms with Crippen LogP contribution in [0, 0.1) is 0 Å². The highest BCUT2D eigenvalue weighted by atomic mass is 16.5. The van der Waals surface area contributed by atoms with Gasteiger partial charge in [-0.2, -0.15) is 0 Å². The molecule has 1 aromatic heterocycles. The molecule has 0 fully saturated rings. The van der Waals surface area contributed by atoms with E-state index in [9.17, 15) is 4.79 Å². The van der Waals surface area contributed by atoms with Gasteiger partial charge in [0.05, 0.1) is 25.3 Å². The first-order valence-corrected chi connectivity index (χ1v) is 7.35. The van der Waals surface area contributed by atoms with E-state index in [2.05, 4.69) is 4.98 Å². The van der Waals surface area contributed by atoms with E-state index in [0.29, 0.717) is 23.7 Å². The Kier molecular flexibility index (Phi) is 6.32. The smallest absolute Gasteiger partial charge is 0.307 e. The molecule has 0 spiro atoms. The van der Waals surface area contributed by atoms with Crippen molar-refractivity contribution < 1.29 is 19.7 Å². The normalized spacial score (nSPS) is 10.8. The maximum atomic E-state index is 10.6. The zero-order valence-corrected chi connectivity index (χ0v) is 12.7. The third-order valence-corrected chi connectivity index (χ3v) is 3.16. The minimum Gasteiger partial charge on any atom is -0.491 e. The molecule has 0 atom stereocenters. The van der Waals surface area contributed by atoms with Crippen LogP contribution >= 0.6 is 0 Å². The fourth-order valence-electron chi connectivity index (χ4n) is 2.03. The first-order valence-electron chi connectivity index (χ1n) is 7.35. The van der Waals surface area contributed by atoms with Crippen LogP contribution < -0.4 is 4.74 Å². The number of ether oxygens (including phenoxy) is 1. The molecule has 5 heteroatoms. The molecule has 0 unspecified atom stereocenters. The van der Waals surface area contributed by atoms with Gasteiger partial charge in [-0.25, -0.2) is 4.98 Å². The van der Waals surface area contributed by atoms with Gasteiger partial charge in [-0.1, -0.05) is 36.4 Å². The van der Waals surface area contributed by atoms with E-state index >= 15 is 0 Å². The Bertz CT molecular complexity index is 668. The maximum Gasteiger partial charge on any atom is 0.307 e. The lowest BCUT2D eigenvalue weighted by molar-refractivity contribution is -0.135. The predicted molar refractivity (Wildman–Crippen MR) is 87.1 cm³/mol. The summed E-state index contributed by atoms with van der Waals surface area (Å²) in [7, 11) is 0. The molecule has 120 valence electrons. The van der Waals surface area contributed by atoms with Crippen LogP contribution in [0.15, 0.2) is 48.5 Å². The summed E-state index contributed by atoms with van der Waals surface area (Å²) in [5.41, 5.74) is 2.21. The van der Waals surface area contributed by atoms with Crippen LogP contribution in [0.3, 0.4) is 0 Å². The van der Waals surface area contributed by atoms with Crippen molar-refractivity contribution in [3.05, 3.63) is 65.5 Å². The van der Waals surface area contributed by atoms with Gasteiger partial charge in [-0.05, 0) is 23.8 Å². The average Bonchev–Trinajstić information content (AvgIpc) is 2.56. The van der Waals surface area contributed by atoms with E-state index in [1.54, 1.807) is 18.2 Å². The minimum atomic E-state index is -0.911. The van der Waals surface area contributed by atoms with Crippen molar-refractivity contribution in [2.24, 2.45) is 0 Å². The van der Waals surface area contributed by atoms with E-state index in [4.69, 9.17) is 14.9 Å². The lowest BCUT2D eigenvalue weighted by atomic mass is 10.2. The number of pyridine rings is 1. The molecule has 1 aromatic carbocycles. The number of carbonyl (C=O) groups is 1. The van der Waals surface area contributed by atoms with Gasteiger partial charge in [0.2, 0.25) is 0 Å². The summed E-state index contributed by atoms with van der Waals surface area (Å²) in [6.07, 6.45) is 3.79. The van der Waals surface area contributed by atoms with Gasteiger partial charge in [0.25, 0.3) is 0 Å². The predicted octanol–water partition coefficient (Wildman–Crippen LogP) is 2.68. The molecular weight excluding hydrogens is 294 g/mol. The number of aliphatic hydroxyl groups is 1. The van der Waals surface area contributed by atoms with E-state index in [1.165, 1.54) is 11.6 Å². The molecule has 0 aliphatic carbocycles. The topological polar surface area (TPSA) is 79.7 Å². The first-order chi connectivity index (χ1) is 11.2. The number of hydrogen-bond donors (Lipinski definition) is 2. The number of benzene rings is 1. The van der Waals surface area contributed by atoms with Crippen molar-refractivity contribution in [2.75, 3.05) is 6.61 Å². The molecular formula is C18H19NO4. The van der Waals surface area contributed by atoms with Gasteiger partial charge in [-0.15, -0.1) is 0 Å². The minimum absolute atomic E-state index is 0.0888. The summed E-state index contributed by atoms with van der Waals surface area (Å²) in [6, 6.07) is 13.4. The summed E-state index contributed by atoms with van der Waals surface area (Å²) >= 11 is 0. The molecule has 2 rings (SSSR count). The van der Waals surface area contributed by atoms with E-state index in [-0.39, 0.29) is 13.0 Å². The summed E-state index contributed by atoms with van der Waals surface area (Å²) in [5, 5.41) is 17.9. The second kappa shape index (κ2) is 8.70. The van der Waals surface area contributed by atoms with Crippen LogP contribution in [0.2, 0.25) is 0 Å². The lowest BCUT2D eigenvalue weighted by Crippen LogP contribution is -2.04. The third kappa shape index (κ3) is 5.56. The monoisotopic (exact) mass is 313 g/mol. The molecule has 0 amide bonds. The van der Waals surface area contributed by atoms with E-state index < -0.39 is 5.97 Å². The quantitative estimate of drug-likeness (QED) is 0.783. The molecule has 23 heavy (non-hydrogen) atoms. The van der Waals surface area contributed by atoms with Crippen molar-refractivity contribution >= 4 is 12.0 Å². The van der Waals surface area contributed by atoms with Gasteiger partial charge >= 0.3 is 5.97 Å². The van der Waals surface area contributed by atoms with Gasteiger partial charge in [0.15, 0.2) is 0 Å². The molecule has 0 aliphatic rings. The Morgan fingerprint density at radius 3 is 2.65 bits per heavy atom. The van der Waals surface area contributed by atoms with Crippen molar-refractivity contribution in [2.45, 2.75) is 19.4 Å². The van der Waals surface area contributed by atoms with Crippen molar-refractivity contribution in [3.63, 3.8) is 0 Å². The maximum absolute atomic E-state index is 10.6. The lowest BCUT2D eigenvalue weighted by Gasteiger charge is -2.10. The number of carboxylic acid groups (broad SMARTS) is 1. The fraction of sp³-hybridized carbons (Fsp3) is 0.222. The van der Waals surface area contributed by atoms with Gasteiger partial charge in [-0.3, -0.25) is 4.79 Å². The van der Waals surface area contributed by atoms with Crippen molar-refractivity contribution in [1.29, 1.82) is 0 Å². The summed E-state index contributed by atoms with van der Waals surface area (Å²) < 4.78 is 5.76. The number of carboxylic acids is 1. The highest BCUT2D eigenvalue weighted by Gasteiger charge is 2.05. The van der Waals surface area contributed by atoms with Crippen molar-refractivity contribution in [1.82, 2.24) is 4.98 Å². The number of aromatic nitrogens is 1. The van der Waals surface area contributed by atoms with Gasteiger partial charge in [0, 0.05) is 6.42 Å². The molecule has 5 nitrogen and oxygen atoms in total. The molecule has 0 saturated carbocycles. The highest BCUT2D eigenvalue weighted by Crippen LogP contribution is 2.19. The van der Waals surface area contributed by atoms with Gasteiger partial charge < -0.3 is 14.9 Å². The van der Waals surface area contributed by atoms with E-state index in [0.717, 1.165) is 6.42 Å². The Morgan fingerprint density at radius 2 is 1.96 bits per heavy atom. The Morgan fingerprint density at radius 1 is 1.17 bits per heavy atom.